The van der Waals surface area contributed by atoms with Gasteiger partial charge in [0.25, 0.3) is 0 Å². The molecular formula is C14H15BrF2N2O2. The lowest BCUT2D eigenvalue weighted by Gasteiger charge is -2.35. The van der Waals surface area contributed by atoms with Crippen LogP contribution in [0.2, 0.25) is 0 Å². The number of nitrogens with zero attached hydrogens (tertiary/aromatic N) is 1. The van der Waals surface area contributed by atoms with Crippen LogP contribution in [0.15, 0.2) is 16.6 Å². The van der Waals surface area contributed by atoms with Crippen LogP contribution in [0.25, 0.3) is 0 Å². The van der Waals surface area contributed by atoms with Gasteiger partial charge in [-0.2, -0.15) is 0 Å². The molecule has 0 spiro atoms. The van der Waals surface area contributed by atoms with E-state index >= 15 is 0 Å². The minimum Gasteiger partial charge on any atom is -0.342 e. The first-order valence-corrected chi connectivity index (χ1v) is 7.39. The summed E-state index contributed by atoms with van der Waals surface area (Å²) < 4.78 is 28.3. The highest BCUT2D eigenvalue weighted by molar-refractivity contribution is 9.10. The van der Waals surface area contributed by atoms with Gasteiger partial charge in [0, 0.05) is 4.47 Å². The van der Waals surface area contributed by atoms with E-state index < -0.39 is 35.2 Å². The van der Waals surface area contributed by atoms with Crippen LogP contribution in [0.5, 0.6) is 0 Å². The summed E-state index contributed by atoms with van der Waals surface area (Å²) in [4.78, 5) is 25.1. The molecule has 7 heteroatoms. The molecule has 2 atom stereocenters. The zero-order chi connectivity index (χ0) is 15.7. The molecular weight excluding hydrogens is 346 g/mol. The van der Waals surface area contributed by atoms with Crippen LogP contribution in [0.3, 0.4) is 0 Å². The van der Waals surface area contributed by atoms with E-state index in [2.05, 4.69) is 21.2 Å². The summed E-state index contributed by atoms with van der Waals surface area (Å²) in [7, 11) is 0. The summed E-state index contributed by atoms with van der Waals surface area (Å²) in [6, 6.07) is 1.37. The second kappa shape index (κ2) is 6.09. The zero-order valence-corrected chi connectivity index (χ0v) is 13.2. The lowest BCUT2D eigenvalue weighted by molar-refractivity contribution is -0.132. The van der Waals surface area contributed by atoms with E-state index in [0.717, 1.165) is 17.0 Å². The Morgan fingerprint density at radius 2 is 1.95 bits per heavy atom. The molecule has 2 unspecified atom stereocenters. The monoisotopic (exact) mass is 360 g/mol. The minimum atomic E-state index is -0.882. The molecule has 1 fully saturated rings. The van der Waals surface area contributed by atoms with Gasteiger partial charge in [0.05, 0.1) is 0 Å². The van der Waals surface area contributed by atoms with E-state index in [9.17, 15) is 18.4 Å². The van der Waals surface area contributed by atoms with Crippen molar-refractivity contribution in [3.05, 3.63) is 28.2 Å². The van der Waals surface area contributed by atoms with Gasteiger partial charge in [0.2, 0.25) is 11.8 Å². The molecule has 1 aromatic carbocycles. The highest BCUT2D eigenvalue weighted by Gasteiger charge is 2.38. The lowest BCUT2D eigenvalue weighted by Crippen LogP contribution is -2.60. The van der Waals surface area contributed by atoms with Gasteiger partial charge in [-0.25, -0.2) is 8.78 Å². The summed E-state index contributed by atoms with van der Waals surface area (Å²) in [6.45, 7) is 3.30. The topological polar surface area (TPSA) is 49.4 Å². The summed E-state index contributed by atoms with van der Waals surface area (Å²) in [5, 5.41) is 2.58. The third kappa shape index (κ3) is 3.07. The predicted molar refractivity (Wildman–Crippen MR) is 77.8 cm³/mol. The Labute approximate surface area is 129 Å². The molecule has 0 bridgehead atoms. The first-order valence-electron chi connectivity index (χ1n) is 6.60. The number of anilines is 1. The Kier molecular flexibility index (Phi) is 4.61. The third-order valence-corrected chi connectivity index (χ3v) is 4.07. The number of nitrogens with one attached hydrogen (secondary N) is 1. The molecule has 1 aromatic rings. The normalized spacial score (nSPS) is 20.4. The molecule has 2 amide bonds. The van der Waals surface area contributed by atoms with Crippen LogP contribution in [0, 0.1) is 17.6 Å². The highest BCUT2D eigenvalue weighted by atomic mass is 79.9. The van der Waals surface area contributed by atoms with Crippen molar-refractivity contribution in [1.29, 1.82) is 0 Å². The first kappa shape index (κ1) is 15.9. The van der Waals surface area contributed by atoms with Crippen molar-refractivity contribution >= 4 is 33.4 Å². The Bertz CT molecular complexity index is 571. The average molecular weight is 361 g/mol. The fourth-order valence-corrected chi connectivity index (χ4v) is 2.68. The summed E-state index contributed by atoms with van der Waals surface area (Å²) in [5.41, 5.74) is -0.480. The number of benzene rings is 1. The first-order chi connectivity index (χ1) is 9.85. The number of rotatable bonds is 3. The summed E-state index contributed by atoms with van der Waals surface area (Å²) in [6.07, 6.45) is 0.663. The van der Waals surface area contributed by atoms with E-state index in [0.29, 0.717) is 6.42 Å². The maximum absolute atomic E-state index is 14.0. The Morgan fingerprint density at radius 3 is 2.48 bits per heavy atom. The van der Waals surface area contributed by atoms with Crippen LogP contribution in [0.1, 0.15) is 20.3 Å². The molecule has 2 rings (SSSR count). The molecule has 114 valence electrons. The van der Waals surface area contributed by atoms with Gasteiger partial charge in [-0.3, -0.25) is 14.5 Å². The van der Waals surface area contributed by atoms with Crippen molar-refractivity contribution in [1.82, 2.24) is 5.32 Å². The van der Waals surface area contributed by atoms with Crippen molar-refractivity contribution in [3.8, 4) is 0 Å². The molecule has 21 heavy (non-hydrogen) atoms. The number of carbonyl (C=O) groups excluding carboxylic acids is 2. The SMILES string of the molecule is CCC(C)C1NC(=O)CN(c2c(F)cc(Br)cc2F)C1=O. The standard InChI is InChI=1S/C14H15BrF2N2O2/c1-3-7(2)12-14(21)19(6-11(20)18-12)13-9(16)4-8(15)5-10(13)17/h4-5,7,12H,3,6H2,1-2H3,(H,18,20). The second-order valence-corrected chi connectivity index (χ2v) is 5.99. The van der Waals surface area contributed by atoms with Gasteiger partial charge < -0.3 is 5.32 Å². The van der Waals surface area contributed by atoms with E-state index in [-0.39, 0.29) is 16.9 Å². The Hall–Kier alpha value is -1.50. The Morgan fingerprint density at radius 1 is 1.38 bits per heavy atom. The van der Waals surface area contributed by atoms with Gasteiger partial charge in [-0.1, -0.05) is 36.2 Å². The molecule has 0 aliphatic carbocycles. The largest absolute Gasteiger partial charge is 0.342 e. The molecule has 1 heterocycles. The number of amides is 2. The predicted octanol–water partition coefficient (Wildman–Crippen LogP) is 2.60. The maximum atomic E-state index is 14.0. The van der Waals surface area contributed by atoms with Crippen LogP contribution in [-0.4, -0.2) is 24.4 Å². The molecule has 1 aliphatic heterocycles. The van der Waals surface area contributed by atoms with E-state index in [1.165, 1.54) is 0 Å². The van der Waals surface area contributed by atoms with E-state index in [4.69, 9.17) is 0 Å². The van der Waals surface area contributed by atoms with Gasteiger partial charge in [0.15, 0.2) is 11.6 Å². The van der Waals surface area contributed by atoms with Crippen LogP contribution in [0.4, 0.5) is 14.5 Å². The number of hydrogen-bond donors (Lipinski definition) is 1. The quantitative estimate of drug-likeness (QED) is 0.900. The van der Waals surface area contributed by atoms with Crippen LogP contribution < -0.4 is 10.2 Å². The molecule has 1 N–H and O–H groups in total. The molecule has 0 aromatic heterocycles. The molecule has 1 saturated heterocycles. The number of halogens is 3. The van der Waals surface area contributed by atoms with Gasteiger partial charge in [0.1, 0.15) is 18.3 Å². The van der Waals surface area contributed by atoms with Crippen molar-refractivity contribution in [2.24, 2.45) is 5.92 Å². The second-order valence-electron chi connectivity index (χ2n) is 5.07. The zero-order valence-electron chi connectivity index (χ0n) is 11.6. The fourth-order valence-electron chi connectivity index (χ4n) is 2.27. The number of hydrogen-bond acceptors (Lipinski definition) is 2. The van der Waals surface area contributed by atoms with E-state index in [1.807, 2.05) is 6.92 Å². The average Bonchev–Trinajstić information content (AvgIpc) is 2.40. The fraction of sp³-hybridized carbons (Fsp3) is 0.429. The number of piperazine rings is 1. The van der Waals surface area contributed by atoms with Gasteiger partial charge in [-0.15, -0.1) is 0 Å². The van der Waals surface area contributed by atoms with Crippen molar-refractivity contribution < 1.29 is 18.4 Å². The highest BCUT2D eigenvalue weighted by Crippen LogP contribution is 2.29. The third-order valence-electron chi connectivity index (χ3n) is 3.61. The van der Waals surface area contributed by atoms with Crippen LogP contribution in [-0.2, 0) is 9.59 Å². The maximum Gasteiger partial charge on any atom is 0.250 e. The van der Waals surface area contributed by atoms with Crippen LogP contribution >= 0.6 is 15.9 Å². The molecule has 4 nitrogen and oxygen atoms in total. The molecule has 1 aliphatic rings. The summed E-state index contributed by atoms with van der Waals surface area (Å²) >= 11 is 2.98. The van der Waals surface area contributed by atoms with Gasteiger partial charge >= 0.3 is 0 Å². The summed E-state index contributed by atoms with van der Waals surface area (Å²) in [5.74, 6) is -2.81. The Balaban J connectivity index is 2.43. The van der Waals surface area contributed by atoms with Crippen molar-refractivity contribution in [3.63, 3.8) is 0 Å². The molecule has 0 saturated carbocycles. The van der Waals surface area contributed by atoms with Gasteiger partial charge in [-0.05, 0) is 18.1 Å². The van der Waals surface area contributed by atoms with E-state index in [1.54, 1.807) is 6.92 Å². The van der Waals surface area contributed by atoms with Crippen molar-refractivity contribution in [2.75, 3.05) is 11.4 Å². The molecule has 0 radical (unpaired) electrons. The van der Waals surface area contributed by atoms with Crippen molar-refractivity contribution in [2.45, 2.75) is 26.3 Å². The smallest absolute Gasteiger partial charge is 0.250 e. The number of carbonyl (C=O) groups is 2. The minimum absolute atomic E-state index is 0.120. The lowest BCUT2D eigenvalue weighted by atomic mass is 9.96.